The van der Waals surface area contributed by atoms with Gasteiger partial charge in [0.05, 0.1) is 12.6 Å². The van der Waals surface area contributed by atoms with Crippen molar-refractivity contribution >= 4 is 28.8 Å². The van der Waals surface area contributed by atoms with E-state index in [2.05, 4.69) is 32.6 Å². The lowest BCUT2D eigenvalue weighted by atomic mass is 10.1. The standard InChI is InChI=1S/C19H24ClN3OS/c1-15(17-6-2-3-7-18(17)20)21-19(24)14-23-10-8-22(9-11-23)13-16-5-4-12-25-16/h2-7,12,15H,8-11,13-14H2,1H3,(H,21,24)/t15-/m1/s1. The summed E-state index contributed by atoms with van der Waals surface area (Å²) in [6, 6.07) is 11.8. The first-order valence-corrected chi connectivity index (χ1v) is 9.88. The van der Waals surface area contributed by atoms with E-state index in [1.807, 2.05) is 31.2 Å². The van der Waals surface area contributed by atoms with Crippen LogP contribution < -0.4 is 5.32 Å². The molecule has 6 heteroatoms. The molecule has 4 nitrogen and oxygen atoms in total. The van der Waals surface area contributed by atoms with Gasteiger partial charge < -0.3 is 5.32 Å². The van der Waals surface area contributed by atoms with Gasteiger partial charge in [-0.25, -0.2) is 0 Å². The third-order valence-electron chi connectivity index (χ3n) is 4.54. The molecule has 1 aromatic carbocycles. The van der Waals surface area contributed by atoms with E-state index in [1.54, 1.807) is 11.3 Å². The van der Waals surface area contributed by atoms with Crippen molar-refractivity contribution < 1.29 is 4.79 Å². The largest absolute Gasteiger partial charge is 0.348 e. The van der Waals surface area contributed by atoms with Crippen molar-refractivity contribution in [1.82, 2.24) is 15.1 Å². The van der Waals surface area contributed by atoms with Crippen LogP contribution in [0.1, 0.15) is 23.4 Å². The van der Waals surface area contributed by atoms with Gasteiger partial charge in [-0.1, -0.05) is 35.9 Å². The first-order chi connectivity index (χ1) is 12.1. The number of halogens is 1. The van der Waals surface area contributed by atoms with Gasteiger partial charge in [-0.05, 0) is 30.0 Å². The zero-order valence-electron chi connectivity index (χ0n) is 14.5. The molecule has 1 fully saturated rings. The number of hydrogen-bond donors (Lipinski definition) is 1. The SMILES string of the molecule is C[C@@H](NC(=O)CN1CCN(Cc2cccs2)CC1)c1ccccc1Cl. The Morgan fingerprint density at radius 1 is 1.16 bits per heavy atom. The third kappa shape index (κ3) is 5.28. The number of amides is 1. The third-order valence-corrected chi connectivity index (χ3v) is 5.75. The normalized spacial score (nSPS) is 17.4. The average Bonchev–Trinajstić information content (AvgIpc) is 3.10. The number of piperazine rings is 1. The molecule has 1 aliphatic rings. The maximum absolute atomic E-state index is 12.3. The molecule has 0 saturated carbocycles. The molecule has 1 aromatic heterocycles. The minimum absolute atomic E-state index is 0.0547. The number of nitrogens with zero attached hydrogens (tertiary/aromatic N) is 2. The average molecular weight is 378 g/mol. The summed E-state index contributed by atoms with van der Waals surface area (Å²) in [5.41, 5.74) is 0.957. The predicted molar refractivity (Wildman–Crippen MR) is 104 cm³/mol. The summed E-state index contributed by atoms with van der Waals surface area (Å²) in [4.78, 5) is 18.4. The molecular formula is C19H24ClN3OS. The van der Waals surface area contributed by atoms with Crippen LogP contribution in [0.15, 0.2) is 41.8 Å². The van der Waals surface area contributed by atoms with Crippen LogP contribution in [0.5, 0.6) is 0 Å². The van der Waals surface area contributed by atoms with Crippen molar-refractivity contribution in [3.8, 4) is 0 Å². The Morgan fingerprint density at radius 3 is 2.56 bits per heavy atom. The summed E-state index contributed by atoms with van der Waals surface area (Å²) < 4.78 is 0. The minimum Gasteiger partial charge on any atom is -0.348 e. The molecule has 2 aromatic rings. The predicted octanol–water partition coefficient (Wildman–Crippen LogP) is 3.40. The maximum Gasteiger partial charge on any atom is 0.234 e. The number of carbonyl (C=O) groups excluding carboxylic acids is 1. The Morgan fingerprint density at radius 2 is 1.88 bits per heavy atom. The smallest absolute Gasteiger partial charge is 0.234 e. The highest BCUT2D eigenvalue weighted by atomic mass is 35.5. The second-order valence-corrected chi connectivity index (χ2v) is 7.88. The molecule has 1 aliphatic heterocycles. The lowest BCUT2D eigenvalue weighted by molar-refractivity contribution is -0.123. The molecule has 3 rings (SSSR count). The lowest BCUT2D eigenvalue weighted by Crippen LogP contribution is -2.49. The Bertz CT molecular complexity index is 684. The summed E-state index contributed by atoms with van der Waals surface area (Å²) in [6.07, 6.45) is 0. The Labute approximate surface area is 158 Å². The first-order valence-electron chi connectivity index (χ1n) is 8.62. The van der Waals surface area contributed by atoms with Crippen LogP contribution in [0.2, 0.25) is 5.02 Å². The van der Waals surface area contributed by atoms with Crippen molar-refractivity contribution in [2.24, 2.45) is 0 Å². The van der Waals surface area contributed by atoms with Crippen molar-refractivity contribution in [1.29, 1.82) is 0 Å². The van der Waals surface area contributed by atoms with Crippen molar-refractivity contribution in [3.63, 3.8) is 0 Å². The zero-order chi connectivity index (χ0) is 17.6. The van der Waals surface area contributed by atoms with Crippen LogP contribution in [-0.2, 0) is 11.3 Å². The maximum atomic E-state index is 12.3. The Kier molecular flexibility index (Phi) is 6.48. The molecule has 0 bridgehead atoms. The lowest BCUT2D eigenvalue weighted by Gasteiger charge is -2.34. The van der Waals surface area contributed by atoms with E-state index in [-0.39, 0.29) is 11.9 Å². The summed E-state index contributed by atoms with van der Waals surface area (Å²) in [5, 5.41) is 5.87. The molecule has 1 amide bonds. The second-order valence-electron chi connectivity index (χ2n) is 6.44. The van der Waals surface area contributed by atoms with Gasteiger partial charge in [0.2, 0.25) is 5.91 Å². The highest BCUT2D eigenvalue weighted by Gasteiger charge is 2.20. The quantitative estimate of drug-likeness (QED) is 0.838. The van der Waals surface area contributed by atoms with Gasteiger partial charge in [0.1, 0.15) is 0 Å². The van der Waals surface area contributed by atoms with E-state index < -0.39 is 0 Å². The number of rotatable bonds is 6. The van der Waals surface area contributed by atoms with Gasteiger partial charge in [-0.3, -0.25) is 14.6 Å². The molecule has 0 aliphatic carbocycles. The topological polar surface area (TPSA) is 35.6 Å². The molecule has 1 N–H and O–H groups in total. The van der Waals surface area contributed by atoms with Gasteiger partial charge in [-0.15, -0.1) is 11.3 Å². The van der Waals surface area contributed by atoms with E-state index in [0.717, 1.165) is 38.3 Å². The van der Waals surface area contributed by atoms with Crippen molar-refractivity contribution in [2.45, 2.75) is 19.5 Å². The summed E-state index contributed by atoms with van der Waals surface area (Å²) >= 11 is 8.01. The highest BCUT2D eigenvalue weighted by molar-refractivity contribution is 7.09. The van der Waals surface area contributed by atoms with E-state index in [0.29, 0.717) is 11.6 Å². The molecule has 25 heavy (non-hydrogen) atoms. The minimum atomic E-state index is -0.0821. The molecular weight excluding hydrogens is 354 g/mol. The fourth-order valence-electron chi connectivity index (χ4n) is 3.12. The van der Waals surface area contributed by atoms with Crippen LogP contribution >= 0.6 is 22.9 Å². The molecule has 0 unspecified atom stereocenters. The van der Waals surface area contributed by atoms with Crippen LogP contribution in [0.3, 0.4) is 0 Å². The summed E-state index contributed by atoms with van der Waals surface area (Å²) in [7, 11) is 0. The van der Waals surface area contributed by atoms with Gasteiger partial charge in [0.15, 0.2) is 0 Å². The van der Waals surface area contributed by atoms with E-state index in [9.17, 15) is 4.79 Å². The fourth-order valence-corrected chi connectivity index (χ4v) is 4.17. The van der Waals surface area contributed by atoms with Gasteiger partial charge in [0, 0.05) is 42.6 Å². The van der Waals surface area contributed by atoms with Gasteiger partial charge in [-0.2, -0.15) is 0 Å². The molecule has 0 radical (unpaired) electrons. The van der Waals surface area contributed by atoms with Crippen LogP contribution in [0.4, 0.5) is 0 Å². The number of carbonyl (C=O) groups is 1. The van der Waals surface area contributed by atoms with Crippen molar-refractivity contribution in [3.05, 3.63) is 57.2 Å². The molecule has 2 heterocycles. The van der Waals surface area contributed by atoms with E-state index in [4.69, 9.17) is 11.6 Å². The molecule has 0 spiro atoms. The number of thiophene rings is 1. The summed E-state index contributed by atoms with van der Waals surface area (Å²) in [6.45, 7) is 7.30. The molecule has 1 atom stereocenters. The second kappa shape index (κ2) is 8.81. The Hall–Kier alpha value is -1.40. The number of benzene rings is 1. The van der Waals surface area contributed by atoms with Crippen LogP contribution in [-0.4, -0.2) is 48.4 Å². The van der Waals surface area contributed by atoms with Crippen LogP contribution in [0.25, 0.3) is 0 Å². The Balaban J connectivity index is 1.42. The van der Waals surface area contributed by atoms with Crippen LogP contribution in [0, 0.1) is 0 Å². The van der Waals surface area contributed by atoms with E-state index in [1.165, 1.54) is 4.88 Å². The van der Waals surface area contributed by atoms with Crippen molar-refractivity contribution in [2.75, 3.05) is 32.7 Å². The molecule has 134 valence electrons. The molecule has 1 saturated heterocycles. The van der Waals surface area contributed by atoms with Gasteiger partial charge in [0.25, 0.3) is 0 Å². The monoisotopic (exact) mass is 377 g/mol. The zero-order valence-corrected chi connectivity index (χ0v) is 16.0. The first kappa shape index (κ1) is 18.4. The van der Waals surface area contributed by atoms with E-state index >= 15 is 0 Å². The summed E-state index contributed by atoms with van der Waals surface area (Å²) in [5.74, 6) is 0.0547. The number of hydrogen-bond acceptors (Lipinski definition) is 4. The van der Waals surface area contributed by atoms with Gasteiger partial charge >= 0.3 is 0 Å². The number of nitrogens with one attached hydrogen (secondary N) is 1. The highest BCUT2D eigenvalue weighted by Crippen LogP contribution is 2.22. The fraction of sp³-hybridized carbons (Fsp3) is 0.421.